The number of fused-ring (bicyclic) bond motifs is 1. The first-order valence-electron chi connectivity index (χ1n) is 9.80. The predicted octanol–water partition coefficient (Wildman–Crippen LogP) is 3.88. The lowest BCUT2D eigenvalue weighted by Gasteiger charge is -2.08. The highest BCUT2D eigenvalue weighted by atomic mass is 32.2. The fourth-order valence-electron chi connectivity index (χ4n) is 3.17. The number of aromatic amines is 1. The molecule has 0 aliphatic heterocycles. The molecule has 0 aliphatic rings. The van der Waals surface area contributed by atoms with Gasteiger partial charge in [0, 0.05) is 34.8 Å². The highest BCUT2D eigenvalue weighted by molar-refractivity contribution is 7.87. The van der Waals surface area contributed by atoms with Gasteiger partial charge >= 0.3 is 16.1 Å². The summed E-state index contributed by atoms with van der Waals surface area (Å²) in [6, 6.07) is 16.7. The number of nitrogens with one attached hydrogen (secondary N) is 1. The van der Waals surface area contributed by atoms with Gasteiger partial charge in [0.2, 0.25) is 5.78 Å². The van der Waals surface area contributed by atoms with Gasteiger partial charge in [0.15, 0.2) is 6.61 Å². The molecule has 0 amide bonds. The molecule has 4 aromatic rings. The molecule has 172 valence electrons. The third kappa shape index (κ3) is 4.79. The molecule has 4 rings (SSSR count). The molecule has 0 unspecified atom stereocenters. The molecule has 3 aromatic carbocycles. The summed E-state index contributed by atoms with van der Waals surface area (Å²) in [4.78, 5) is 37.5. The normalized spacial score (nSPS) is 11.2. The number of carbonyl (C=O) groups excluding carboxylic acids is 2. The molecule has 0 radical (unpaired) electrons. The second-order valence-corrected chi connectivity index (χ2v) is 8.61. The topological polar surface area (TPSA) is 146 Å². The molecule has 1 N–H and O–H groups in total. The van der Waals surface area contributed by atoms with Crippen LogP contribution in [0.4, 0.5) is 5.69 Å². The number of Topliss-reactive ketones (excluding diaryl/α,β-unsaturated/α-hetero) is 1. The van der Waals surface area contributed by atoms with E-state index in [0.29, 0.717) is 5.56 Å². The molecule has 0 saturated heterocycles. The van der Waals surface area contributed by atoms with Crippen LogP contribution in [0.15, 0.2) is 83.9 Å². The smallest absolute Gasteiger partial charge is 0.339 e. The molecular weight excluding hydrogens is 464 g/mol. The quantitative estimate of drug-likeness (QED) is 0.131. The number of benzene rings is 3. The SMILES string of the molecule is O=C(OCC(=O)c1c[nH]c2ccccc12)c1ccc(OS(=O)(=O)c2cccc([N+](=O)[O-])c2)cc1. The van der Waals surface area contributed by atoms with Crippen molar-refractivity contribution >= 4 is 38.5 Å². The molecule has 34 heavy (non-hydrogen) atoms. The van der Waals surface area contributed by atoms with Gasteiger partial charge in [0.05, 0.1) is 10.5 Å². The number of non-ortho nitro benzene ring substituents is 1. The Labute approximate surface area is 193 Å². The number of nitro groups is 1. The summed E-state index contributed by atoms with van der Waals surface area (Å²) in [6.07, 6.45) is 1.55. The lowest BCUT2D eigenvalue weighted by Crippen LogP contribution is -2.14. The fourth-order valence-corrected chi connectivity index (χ4v) is 4.14. The standard InChI is InChI=1S/C23H16N2O8S/c26-22(20-13-24-21-7-2-1-6-19(20)21)14-32-23(27)15-8-10-17(11-9-15)33-34(30,31)18-5-3-4-16(12-18)25(28)29/h1-13,24H,14H2. The zero-order chi connectivity index (χ0) is 24.3. The maximum Gasteiger partial charge on any atom is 0.339 e. The zero-order valence-electron chi connectivity index (χ0n) is 17.3. The van der Waals surface area contributed by atoms with Crippen LogP contribution in [0, 0.1) is 10.1 Å². The molecule has 0 atom stereocenters. The molecule has 1 aromatic heterocycles. The van der Waals surface area contributed by atoms with Gasteiger partial charge in [-0.25, -0.2) is 4.79 Å². The van der Waals surface area contributed by atoms with Crippen molar-refractivity contribution in [2.75, 3.05) is 6.61 Å². The number of carbonyl (C=O) groups is 2. The van der Waals surface area contributed by atoms with Crippen LogP contribution in [-0.4, -0.2) is 36.7 Å². The van der Waals surface area contributed by atoms with Crippen LogP contribution in [-0.2, 0) is 14.9 Å². The van der Waals surface area contributed by atoms with Crippen molar-refractivity contribution in [1.29, 1.82) is 0 Å². The van der Waals surface area contributed by atoms with Crippen molar-refractivity contribution in [3.8, 4) is 5.75 Å². The maximum atomic E-state index is 12.4. The van der Waals surface area contributed by atoms with E-state index >= 15 is 0 Å². The van der Waals surface area contributed by atoms with Gasteiger partial charge in [-0.05, 0) is 36.4 Å². The van der Waals surface area contributed by atoms with Crippen molar-refractivity contribution in [1.82, 2.24) is 4.98 Å². The average Bonchev–Trinajstić information content (AvgIpc) is 3.27. The molecule has 0 fully saturated rings. The van der Waals surface area contributed by atoms with Crippen LogP contribution in [0.25, 0.3) is 10.9 Å². The third-order valence-electron chi connectivity index (χ3n) is 4.84. The van der Waals surface area contributed by atoms with Crippen molar-refractivity contribution in [2.45, 2.75) is 4.90 Å². The Kier molecular flexibility index (Phi) is 6.11. The number of hydrogen-bond donors (Lipinski definition) is 1. The van der Waals surface area contributed by atoms with E-state index < -0.39 is 33.3 Å². The number of para-hydroxylation sites is 1. The third-order valence-corrected chi connectivity index (χ3v) is 6.08. The number of nitrogens with zero attached hydrogens (tertiary/aromatic N) is 1. The number of rotatable bonds is 8. The predicted molar refractivity (Wildman–Crippen MR) is 120 cm³/mol. The van der Waals surface area contributed by atoms with Gasteiger partial charge in [-0.3, -0.25) is 14.9 Å². The van der Waals surface area contributed by atoms with Gasteiger partial charge in [-0.1, -0.05) is 24.3 Å². The number of aromatic nitrogens is 1. The summed E-state index contributed by atoms with van der Waals surface area (Å²) in [5.41, 5.74) is 0.864. The van der Waals surface area contributed by atoms with Crippen LogP contribution >= 0.6 is 0 Å². The first-order valence-corrected chi connectivity index (χ1v) is 11.2. The monoisotopic (exact) mass is 480 g/mol. The van der Waals surface area contributed by atoms with Crippen molar-refractivity contribution in [3.63, 3.8) is 0 Å². The molecule has 0 saturated carbocycles. The Hall–Kier alpha value is -4.51. The van der Waals surface area contributed by atoms with Gasteiger partial charge in [-0.2, -0.15) is 8.42 Å². The summed E-state index contributed by atoms with van der Waals surface area (Å²) < 4.78 is 34.9. The molecule has 0 bridgehead atoms. The van der Waals surface area contributed by atoms with Crippen molar-refractivity contribution < 1.29 is 31.9 Å². The second-order valence-electron chi connectivity index (χ2n) is 7.06. The second kappa shape index (κ2) is 9.16. The molecule has 1 heterocycles. The first kappa shape index (κ1) is 22.7. The van der Waals surface area contributed by atoms with Crippen LogP contribution < -0.4 is 4.18 Å². The Balaban J connectivity index is 1.40. The molecular formula is C23H16N2O8S. The van der Waals surface area contributed by atoms with Crippen LogP contribution in [0.3, 0.4) is 0 Å². The number of ketones is 1. The van der Waals surface area contributed by atoms with E-state index in [-0.39, 0.29) is 22.0 Å². The Morgan fingerprint density at radius 1 is 0.971 bits per heavy atom. The van der Waals surface area contributed by atoms with E-state index in [1.807, 2.05) is 12.1 Å². The van der Waals surface area contributed by atoms with E-state index in [9.17, 15) is 28.1 Å². The summed E-state index contributed by atoms with van der Waals surface area (Å²) in [5.74, 6) is -1.27. The molecule has 11 heteroatoms. The van der Waals surface area contributed by atoms with Gasteiger partial charge in [0.1, 0.15) is 10.6 Å². The van der Waals surface area contributed by atoms with Gasteiger partial charge < -0.3 is 13.9 Å². The largest absolute Gasteiger partial charge is 0.454 e. The summed E-state index contributed by atoms with van der Waals surface area (Å²) in [6.45, 7) is -0.472. The van der Waals surface area contributed by atoms with E-state index in [1.54, 1.807) is 18.3 Å². The fraction of sp³-hybridized carbons (Fsp3) is 0.0435. The van der Waals surface area contributed by atoms with Crippen molar-refractivity contribution in [3.05, 3.63) is 100 Å². The minimum absolute atomic E-state index is 0.0758. The average molecular weight is 480 g/mol. The number of nitro benzene ring substituents is 1. The summed E-state index contributed by atoms with van der Waals surface area (Å²) in [5, 5.41) is 11.6. The summed E-state index contributed by atoms with van der Waals surface area (Å²) in [7, 11) is -4.34. The molecule has 0 spiro atoms. The minimum Gasteiger partial charge on any atom is -0.454 e. The summed E-state index contributed by atoms with van der Waals surface area (Å²) >= 11 is 0. The highest BCUT2D eigenvalue weighted by Crippen LogP contribution is 2.23. The molecule has 10 nitrogen and oxygen atoms in total. The minimum atomic E-state index is -4.34. The van der Waals surface area contributed by atoms with Crippen LogP contribution in [0.1, 0.15) is 20.7 Å². The van der Waals surface area contributed by atoms with Gasteiger partial charge in [0.25, 0.3) is 5.69 Å². The van der Waals surface area contributed by atoms with Gasteiger partial charge in [-0.15, -0.1) is 0 Å². The van der Waals surface area contributed by atoms with E-state index in [4.69, 9.17) is 8.92 Å². The lowest BCUT2D eigenvalue weighted by atomic mass is 10.1. The Bertz CT molecular complexity index is 1510. The Morgan fingerprint density at radius 2 is 1.71 bits per heavy atom. The van der Waals surface area contributed by atoms with E-state index in [1.165, 1.54) is 36.4 Å². The number of ether oxygens (including phenoxy) is 1. The van der Waals surface area contributed by atoms with Crippen LogP contribution in [0.5, 0.6) is 5.75 Å². The Morgan fingerprint density at radius 3 is 2.44 bits per heavy atom. The zero-order valence-corrected chi connectivity index (χ0v) is 18.2. The van der Waals surface area contributed by atoms with E-state index in [2.05, 4.69) is 4.98 Å². The lowest BCUT2D eigenvalue weighted by molar-refractivity contribution is -0.385. The first-order chi connectivity index (χ1) is 16.2. The number of hydrogen-bond acceptors (Lipinski definition) is 8. The maximum absolute atomic E-state index is 12.4. The number of esters is 1. The van der Waals surface area contributed by atoms with Crippen LogP contribution in [0.2, 0.25) is 0 Å². The molecule has 0 aliphatic carbocycles. The number of H-pyrrole nitrogens is 1. The van der Waals surface area contributed by atoms with Crippen molar-refractivity contribution in [2.24, 2.45) is 0 Å². The highest BCUT2D eigenvalue weighted by Gasteiger charge is 2.20. The van der Waals surface area contributed by atoms with E-state index in [0.717, 1.165) is 23.0 Å².